The lowest BCUT2D eigenvalue weighted by Gasteiger charge is -2.08. The number of hydrogen-bond acceptors (Lipinski definition) is 3. The fraction of sp³-hybridized carbons (Fsp3) is 0.353. The first kappa shape index (κ1) is 16.1. The van der Waals surface area contributed by atoms with Crippen molar-refractivity contribution in [1.29, 1.82) is 0 Å². The van der Waals surface area contributed by atoms with Crippen LogP contribution in [0.15, 0.2) is 47.2 Å². The van der Waals surface area contributed by atoms with Gasteiger partial charge in [-0.2, -0.15) is 0 Å². The van der Waals surface area contributed by atoms with Crippen LogP contribution >= 0.6 is 15.9 Å². The molecule has 4 heteroatoms. The molecule has 0 atom stereocenters. The lowest BCUT2D eigenvalue weighted by Crippen LogP contribution is -2.05. The summed E-state index contributed by atoms with van der Waals surface area (Å²) in [6.07, 6.45) is 5.73. The molecule has 0 aliphatic heterocycles. The Morgan fingerprint density at radius 2 is 1.95 bits per heavy atom. The van der Waals surface area contributed by atoms with Crippen molar-refractivity contribution in [2.45, 2.75) is 26.0 Å². The summed E-state index contributed by atoms with van der Waals surface area (Å²) in [5.41, 5.74) is 3.77. The molecule has 0 aliphatic carbocycles. The molecule has 3 nitrogen and oxygen atoms in total. The van der Waals surface area contributed by atoms with Crippen molar-refractivity contribution < 1.29 is 4.74 Å². The second-order valence-corrected chi connectivity index (χ2v) is 5.82. The summed E-state index contributed by atoms with van der Waals surface area (Å²) >= 11 is 3.61. The normalized spacial score (nSPS) is 10.8. The largest absolute Gasteiger partial charge is 0.377 e. The molecule has 1 N–H and O–H groups in total. The highest BCUT2D eigenvalue weighted by Gasteiger charge is 2.02. The van der Waals surface area contributed by atoms with E-state index < -0.39 is 0 Å². The van der Waals surface area contributed by atoms with E-state index in [2.05, 4.69) is 56.6 Å². The van der Waals surface area contributed by atoms with Crippen LogP contribution < -0.4 is 5.32 Å². The summed E-state index contributed by atoms with van der Waals surface area (Å²) in [6.45, 7) is 2.30. The fourth-order valence-corrected chi connectivity index (χ4v) is 2.67. The van der Waals surface area contributed by atoms with Crippen LogP contribution in [0, 0.1) is 0 Å². The van der Waals surface area contributed by atoms with Crippen LogP contribution in [0.5, 0.6) is 0 Å². The van der Waals surface area contributed by atoms with Crippen molar-refractivity contribution in [1.82, 2.24) is 10.3 Å². The third-order valence-electron chi connectivity index (χ3n) is 3.26. The zero-order valence-electron chi connectivity index (χ0n) is 12.3. The van der Waals surface area contributed by atoms with Gasteiger partial charge in [0.25, 0.3) is 0 Å². The average Bonchev–Trinajstić information content (AvgIpc) is 2.50. The van der Waals surface area contributed by atoms with Gasteiger partial charge in [0.15, 0.2) is 0 Å². The molecule has 1 aromatic heterocycles. The SMILES string of the molecule is CNCc1ccc(COCCCc2ccncc2)c(Br)c1. The van der Waals surface area contributed by atoms with Crippen LogP contribution in [0.2, 0.25) is 0 Å². The monoisotopic (exact) mass is 348 g/mol. The molecule has 0 fully saturated rings. The summed E-state index contributed by atoms with van der Waals surface area (Å²) in [7, 11) is 1.95. The fourth-order valence-electron chi connectivity index (χ4n) is 2.13. The molecular formula is C17H21BrN2O. The van der Waals surface area contributed by atoms with Gasteiger partial charge in [0, 0.05) is 30.0 Å². The Hall–Kier alpha value is -1.23. The van der Waals surface area contributed by atoms with Crippen molar-refractivity contribution in [3.05, 3.63) is 63.9 Å². The molecule has 0 unspecified atom stereocenters. The third kappa shape index (κ3) is 5.58. The number of benzene rings is 1. The first-order valence-corrected chi connectivity index (χ1v) is 7.97. The van der Waals surface area contributed by atoms with Gasteiger partial charge in [0.1, 0.15) is 0 Å². The Labute approximate surface area is 134 Å². The smallest absolute Gasteiger partial charge is 0.0727 e. The lowest BCUT2D eigenvalue weighted by atomic mass is 10.1. The van der Waals surface area contributed by atoms with Gasteiger partial charge < -0.3 is 10.1 Å². The first-order valence-electron chi connectivity index (χ1n) is 7.18. The topological polar surface area (TPSA) is 34.1 Å². The number of pyridine rings is 1. The van der Waals surface area contributed by atoms with E-state index in [0.29, 0.717) is 6.61 Å². The molecule has 2 rings (SSSR count). The number of halogens is 1. The van der Waals surface area contributed by atoms with Crippen LogP contribution in [0.3, 0.4) is 0 Å². The van der Waals surface area contributed by atoms with Gasteiger partial charge in [-0.05, 0) is 54.8 Å². The van der Waals surface area contributed by atoms with Crippen molar-refractivity contribution in [3.63, 3.8) is 0 Å². The Morgan fingerprint density at radius 1 is 1.14 bits per heavy atom. The molecular weight excluding hydrogens is 328 g/mol. The number of ether oxygens (including phenoxy) is 1. The van der Waals surface area contributed by atoms with Gasteiger partial charge in [0.05, 0.1) is 6.61 Å². The van der Waals surface area contributed by atoms with Crippen molar-refractivity contribution in [2.75, 3.05) is 13.7 Å². The molecule has 0 bridgehead atoms. The van der Waals surface area contributed by atoms with Gasteiger partial charge in [-0.25, -0.2) is 0 Å². The molecule has 0 radical (unpaired) electrons. The van der Waals surface area contributed by atoms with Crippen LogP contribution in [0.1, 0.15) is 23.1 Å². The molecule has 1 aromatic carbocycles. The van der Waals surface area contributed by atoms with E-state index in [0.717, 1.165) is 30.5 Å². The maximum Gasteiger partial charge on any atom is 0.0727 e. The van der Waals surface area contributed by atoms with Crippen LogP contribution in [-0.4, -0.2) is 18.6 Å². The molecule has 112 valence electrons. The molecule has 1 heterocycles. The highest BCUT2D eigenvalue weighted by molar-refractivity contribution is 9.10. The predicted molar refractivity (Wildman–Crippen MR) is 89.1 cm³/mol. The Kier molecular flexibility index (Phi) is 6.86. The summed E-state index contributed by atoms with van der Waals surface area (Å²) in [5.74, 6) is 0. The van der Waals surface area contributed by atoms with Crippen LogP contribution in [0.25, 0.3) is 0 Å². The minimum absolute atomic E-state index is 0.650. The van der Waals surface area contributed by atoms with E-state index in [1.807, 2.05) is 19.4 Å². The van der Waals surface area contributed by atoms with Crippen LogP contribution in [-0.2, 0) is 24.3 Å². The van der Waals surface area contributed by atoms with Crippen LogP contribution in [0.4, 0.5) is 0 Å². The van der Waals surface area contributed by atoms with Gasteiger partial charge in [-0.3, -0.25) is 4.98 Å². The van der Waals surface area contributed by atoms with Crippen molar-refractivity contribution in [2.24, 2.45) is 0 Å². The molecule has 0 saturated heterocycles. The number of nitrogens with one attached hydrogen (secondary N) is 1. The Morgan fingerprint density at radius 3 is 2.67 bits per heavy atom. The van der Waals surface area contributed by atoms with E-state index in [1.54, 1.807) is 0 Å². The summed E-state index contributed by atoms with van der Waals surface area (Å²) in [6, 6.07) is 10.5. The molecule has 0 aliphatic rings. The number of nitrogens with zero attached hydrogens (tertiary/aromatic N) is 1. The average molecular weight is 349 g/mol. The maximum atomic E-state index is 5.76. The molecule has 0 saturated carbocycles. The van der Waals surface area contributed by atoms with E-state index in [-0.39, 0.29) is 0 Å². The third-order valence-corrected chi connectivity index (χ3v) is 4.00. The number of aryl methyl sites for hydroxylation is 1. The van der Waals surface area contributed by atoms with Gasteiger partial charge in [0.2, 0.25) is 0 Å². The second kappa shape index (κ2) is 8.93. The maximum absolute atomic E-state index is 5.76. The highest BCUT2D eigenvalue weighted by atomic mass is 79.9. The molecule has 0 amide bonds. The predicted octanol–water partition coefficient (Wildman–Crippen LogP) is 3.71. The quantitative estimate of drug-likeness (QED) is 0.738. The molecule has 21 heavy (non-hydrogen) atoms. The summed E-state index contributed by atoms with van der Waals surface area (Å²) in [4.78, 5) is 4.02. The summed E-state index contributed by atoms with van der Waals surface area (Å²) < 4.78 is 6.88. The van der Waals surface area contributed by atoms with E-state index in [9.17, 15) is 0 Å². The summed E-state index contributed by atoms with van der Waals surface area (Å²) in [5, 5.41) is 3.15. The Bertz CT molecular complexity index is 546. The van der Waals surface area contributed by atoms with E-state index in [1.165, 1.54) is 16.7 Å². The number of aromatic nitrogens is 1. The van der Waals surface area contributed by atoms with E-state index >= 15 is 0 Å². The second-order valence-electron chi connectivity index (χ2n) is 4.97. The zero-order chi connectivity index (χ0) is 14.9. The minimum atomic E-state index is 0.650. The van der Waals surface area contributed by atoms with Crippen molar-refractivity contribution in [3.8, 4) is 0 Å². The van der Waals surface area contributed by atoms with Crippen molar-refractivity contribution >= 4 is 15.9 Å². The molecule has 2 aromatic rings. The van der Waals surface area contributed by atoms with Gasteiger partial charge in [-0.15, -0.1) is 0 Å². The Balaban J connectivity index is 1.71. The van der Waals surface area contributed by atoms with Gasteiger partial charge in [-0.1, -0.05) is 28.1 Å². The lowest BCUT2D eigenvalue weighted by molar-refractivity contribution is 0.118. The minimum Gasteiger partial charge on any atom is -0.377 e. The zero-order valence-corrected chi connectivity index (χ0v) is 13.9. The first-order chi connectivity index (χ1) is 10.3. The number of hydrogen-bond donors (Lipinski definition) is 1. The molecule has 0 spiro atoms. The number of rotatable bonds is 8. The van der Waals surface area contributed by atoms with Gasteiger partial charge >= 0.3 is 0 Å². The van der Waals surface area contributed by atoms with E-state index in [4.69, 9.17) is 4.74 Å². The standard InChI is InChI=1S/C17H21BrN2O/c1-19-12-15-4-5-16(17(18)11-15)13-21-10-2-3-14-6-8-20-9-7-14/h4-9,11,19H,2-3,10,12-13H2,1H3. The highest BCUT2D eigenvalue weighted by Crippen LogP contribution is 2.19.